The van der Waals surface area contributed by atoms with Gasteiger partial charge in [0.05, 0.1) is 25.9 Å². The Morgan fingerprint density at radius 2 is 1.88 bits per heavy atom. The Balaban J connectivity index is 2.26. The van der Waals surface area contributed by atoms with Crippen molar-refractivity contribution >= 4 is 0 Å². The molecule has 0 amide bonds. The lowest BCUT2D eigenvalue weighted by molar-refractivity contribution is -0.00940. The fraction of sp³-hybridized carbons (Fsp3) is 0.333. The second kappa shape index (κ2) is 8.74. The van der Waals surface area contributed by atoms with Crippen molar-refractivity contribution in [3.8, 4) is 0 Å². The van der Waals surface area contributed by atoms with E-state index in [2.05, 4.69) is 13.2 Å². The summed E-state index contributed by atoms with van der Waals surface area (Å²) in [6.45, 7) is 9.09. The first-order chi connectivity index (χ1) is 8.36. The van der Waals surface area contributed by atoms with E-state index in [1.54, 1.807) is 6.08 Å². The topological polar surface area (TPSA) is 18.5 Å². The van der Waals surface area contributed by atoms with E-state index in [4.69, 9.17) is 9.47 Å². The first-order valence-corrected chi connectivity index (χ1v) is 5.82. The number of hydrogen-bond acceptors (Lipinski definition) is 2. The van der Waals surface area contributed by atoms with Gasteiger partial charge in [-0.15, -0.1) is 13.2 Å². The molecule has 17 heavy (non-hydrogen) atoms. The third-order valence-corrected chi connectivity index (χ3v) is 2.29. The van der Waals surface area contributed by atoms with Gasteiger partial charge >= 0.3 is 0 Å². The first kappa shape index (κ1) is 13.7. The van der Waals surface area contributed by atoms with Crippen LogP contribution in [0.1, 0.15) is 12.0 Å². The summed E-state index contributed by atoms with van der Waals surface area (Å²) in [6, 6.07) is 10.1. The van der Waals surface area contributed by atoms with Crippen LogP contribution in [0.15, 0.2) is 55.6 Å². The lowest BCUT2D eigenvalue weighted by atomic mass is 10.2. The molecule has 0 unspecified atom stereocenters. The number of ether oxygens (including phenoxy) is 2. The summed E-state index contributed by atoms with van der Waals surface area (Å²) in [5.74, 6) is 0. The minimum atomic E-state index is 0.0641. The van der Waals surface area contributed by atoms with E-state index >= 15 is 0 Å². The molecule has 1 aromatic carbocycles. The van der Waals surface area contributed by atoms with Crippen molar-refractivity contribution < 1.29 is 9.47 Å². The zero-order valence-corrected chi connectivity index (χ0v) is 10.2. The van der Waals surface area contributed by atoms with Gasteiger partial charge in [-0.1, -0.05) is 42.5 Å². The molecule has 0 aliphatic carbocycles. The van der Waals surface area contributed by atoms with Gasteiger partial charge in [0.25, 0.3) is 0 Å². The highest BCUT2D eigenvalue weighted by Crippen LogP contribution is 2.05. The molecule has 2 nitrogen and oxygen atoms in total. The standard InChI is InChI=1S/C15H20O2/c1-3-8-15(17-11-4-2)13-16-12-14-9-6-5-7-10-14/h3-7,9-10,15H,1-2,8,11-13H2/t15-/m0/s1. The number of hydrogen-bond donors (Lipinski definition) is 0. The monoisotopic (exact) mass is 232 g/mol. The minimum Gasteiger partial charge on any atom is -0.374 e. The van der Waals surface area contributed by atoms with E-state index in [1.807, 2.05) is 36.4 Å². The number of rotatable bonds is 9. The van der Waals surface area contributed by atoms with Crippen LogP contribution in [0.5, 0.6) is 0 Å². The van der Waals surface area contributed by atoms with Gasteiger partial charge in [-0.25, -0.2) is 0 Å². The van der Waals surface area contributed by atoms with Crippen LogP contribution in [0.4, 0.5) is 0 Å². The van der Waals surface area contributed by atoms with E-state index in [0.717, 1.165) is 6.42 Å². The average molecular weight is 232 g/mol. The summed E-state index contributed by atoms with van der Waals surface area (Å²) in [5, 5.41) is 0. The zero-order valence-electron chi connectivity index (χ0n) is 10.2. The van der Waals surface area contributed by atoms with Gasteiger partial charge in [-0.3, -0.25) is 0 Å². The molecular weight excluding hydrogens is 212 g/mol. The van der Waals surface area contributed by atoms with Gasteiger partial charge < -0.3 is 9.47 Å². The van der Waals surface area contributed by atoms with E-state index < -0.39 is 0 Å². The molecule has 0 bridgehead atoms. The van der Waals surface area contributed by atoms with Crippen LogP contribution in [0.25, 0.3) is 0 Å². The summed E-state index contributed by atoms with van der Waals surface area (Å²) in [5.41, 5.74) is 1.17. The highest BCUT2D eigenvalue weighted by atomic mass is 16.5. The highest BCUT2D eigenvalue weighted by molar-refractivity contribution is 5.13. The SMILES string of the molecule is C=CCO[C@@H](CC=C)COCc1ccccc1. The van der Waals surface area contributed by atoms with Gasteiger partial charge in [0.15, 0.2) is 0 Å². The smallest absolute Gasteiger partial charge is 0.0847 e. The van der Waals surface area contributed by atoms with Gasteiger partial charge in [-0.05, 0) is 12.0 Å². The Morgan fingerprint density at radius 3 is 2.53 bits per heavy atom. The van der Waals surface area contributed by atoms with Crippen molar-refractivity contribution in [1.82, 2.24) is 0 Å². The Kier molecular flexibility index (Phi) is 7.03. The summed E-state index contributed by atoms with van der Waals surface area (Å²) in [6.07, 6.45) is 4.45. The second-order valence-corrected chi connectivity index (χ2v) is 3.77. The van der Waals surface area contributed by atoms with E-state index in [1.165, 1.54) is 5.56 Å². The molecule has 0 aliphatic heterocycles. The fourth-order valence-electron chi connectivity index (χ4n) is 1.46. The molecule has 0 aromatic heterocycles. The Bertz CT molecular complexity index is 319. The molecule has 1 aromatic rings. The third-order valence-electron chi connectivity index (χ3n) is 2.29. The summed E-state index contributed by atoms with van der Waals surface area (Å²) < 4.78 is 11.2. The fourth-order valence-corrected chi connectivity index (χ4v) is 1.46. The molecule has 0 saturated heterocycles. The zero-order chi connectivity index (χ0) is 12.3. The summed E-state index contributed by atoms with van der Waals surface area (Å²) >= 11 is 0. The molecule has 1 rings (SSSR count). The Hall–Kier alpha value is -1.38. The van der Waals surface area contributed by atoms with E-state index in [-0.39, 0.29) is 6.10 Å². The van der Waals surface area contributed by atoms with Gasteiger partial charge in [-0.2, -0.15) is 0 Å². The summed E-state index contributed by atoms with van der Waals surface area (Å²) in [7, 11) is 0. The van der Waals surface area contributed by atoms with Crippen LogP contribution in [-0.2, 0) is 16.1 Å². The normalized spacial score (nSPS) is 12.0. The first-order valence-electron chi connectivity index (χ1n) is 5.82. The maximum atomic E-state index is 5.62. The van der Waals surface area contributed by atoms with E-state index in [9.17, 15) is 0 Å². The predicted molar refractivity (Wildman–Crippen MR) is 70.8 cm³/mol. The van der Waals surface area contributed by atoms with Crippen LogP contribution in [-0.4, -0.2) is 19.3 Å². The molecule has 0 saturated carbocycles. The van der Waals surface area contributed by atoms with Crippen LogP contribution >= 0.6 is 0 Å². The Morgan fingerprint density at radius 1 is 1.12 bits per heavy atom. The van der Waals surface area contributed by atoms with Crippen molar-refractivity contribution in [2.45, 2.75) is 19.1 Å². The van der Waals surface area contributed by atoms with Crippen molar-refractivity contribution in [3.05, 3.63) is 61.2 Å². The molecule has 0 heterocycles. The van der Waals surface area contributed by atoms with Gasteiger partial charge in [0.1, 0.15) is 0 Å². The van der Waals surface area contributed by atoms with Crippen LogP contribution in [0.3, 0.4) is 0 Å². The average Bonchev–Trinajstić information content (AvgIpc) is 2.37. The van der Waals surface area contributed by atoms with E-state index in [0.29, 0.717) is 19.8 Å². The molecule has 0 radical (unpaired) electrons. The van der Waals surface area contributed by atoms with Gasteiger partial charge in [0.2, 0.25) is 0 Å². The summed E-state index contributed by atoms with van der Waals surface area (Å²) in [4.78, 5) is 0. The Labute approximate surface area is 104 Å². The second-order valence-electron chi connectivity index (χ2n) is 3.77. The molecule has 0 fully saturated rings. The maximum absolute atomic E-state index is 5.62. The van der Waals surface area contributed by atoms with Crippen LogP contribution in [0.2, 0.25) is 0 Å². The maximum Gasteiger partial charge on any atom is 0.0847 e. The molecule has 2 heteroatoms. The highest BCUT2D eigenvalue weighted by Gasteiger charge is 2.06. The van der Waals surface area contributed by atoms with Gasteiger partial charge in [0, 0.05) is 0 Å². The van der Waals surface area contributed by atoms with Crippen molar-refractivity contribution in [1.29, 1.82) is 0 Å². The number of benzene rings is 1. The third kappa shape index (κ3) is 6.05. The predicted octanol–water partition coefficient (Wildman–Crippen LogP) is 3.35. The van der Waals surface area contributed by atoms with Crippen molar-refractivity contribution in [3.63, 3.8) is 0 Å². The quantitative estimate of drug-likeness (QED) is 0.608. The molecule has 0 N–H and O–H groups in total. The minimum absolute atomic E-state index is 0.0641. The van der Waals surface area contributed by atoms with Crippen molar-refractivity contribution in [2.24, 2.45) is 0 Å². The lowest BCUT2D eigenvalue weighted by Crippen LogP contribution is -2.19. The largest absolute Gasteiger partial charge is 0.374 e. The molecule has 0 aliphatic rings. The molecular formula is C15H20O2. The molecule has 0 spiro atoms. The van der Waals surface area contributed by atoms with Crippen molar-refractivity contribution in [2.75, 3.05) is 13.2 Å². The lowest BCUT2D eigenvalue weighted by Gasteiger charge is -2.15. The van der Waals surface area contributed by atoms with Crippen LogP contribution in [0, 0.1) is 0 Å². The van der Waals surface area contributed by atoms with Crippen LogP contribution < -0.4 is 0 Å². The molecule has 1 atom stereocenters. The molecule has 92 valence electrons.